The molecule has 0 heterocycles. The molecule has 1 unspecified atom stereocenters. The Labute approximate surface area is 175 Å². The van der Waals surface area contributed by atoms with E-state index >= 15 is 0 Å². The molecule has 0 heteroatoms. The number of fused-ring (bicyclic) bond motifs is 1. The smallest absolute Gasteiger partial charge is 0.0143 e. The summed E-state index contributed by atoms with van der Waals surface area (Å²) in [4.78, 5) is 0. The predicted octanol–water partition coefficient (Wildman–Crippen LogP) is 8.67. The number of hydrogen-bond donors (Lipinski definition) is 0. The molecule has 3 aliphatic carbocycles. The van der Waals surface area contributed by atoms with Gasteiger partial charge in [-0.25, -0.2) is 0 Å². The van der Waals surface area contributed by atoms with E-state index in [1.165, 1.54) is 68.9 Å². The monoisotopic (exact) mass is 380 g/mol. The summed E-state index contributed by atoms with van der Waals surface area (Å²) in [5, 5.41) is 0. The molecule has 3 rings (SSSR count). The van der Waals surface area contributed by atoms with Crippen molar-refractivity contribution in [1.82, 2.24) is 0 Å². The van der Waals surface area contributed by atoms with Gasteiger partial charge in [-0.3, -0.25) is 0 Å². The first-order valence-electron chi connectivity index (χ1n) is 12.1. The Morgan fingerprint density at radius 1 is 0.929 bits per heavy atom. The number of rotatable bonds is 5. The molecule has 0 aliphatic heterocycles. The van der Waals surface area contributed by atoms with Crippen molar-refractivity contribution in [2.45, 2.75) is 92.4 Å². The van der Waals surface area contributed by atoms with E-state index in [1.54, 1.807) is 5.57 Å². The molecule has 0 saturated heterocycles. The minimum Gasteiger partial charge on any atom is -0.0956 e. The Kier molecular flexibility index (Phi) is 7.11. The third kappa shape index (κ3) is 4.58. The largest absolute Gasteiger partial charge is 0.0956 e. The second-order valence-electron chi connectivity index (χ2n) is 10.7. The Hall–Kier alpha value is -1.04. The molecule has 0 N–H and O–H groups in total. The van der Waals surface area contributed by atoms with Gasteiger partial charge < -0.3 is 0 Å². The fourth-order valence-corrected chi connectivity index (χ4v) is 6.25. The zero-order valence-corrected chi connectivity index (χ0v) is 19.3. The van der Waals surface area contributed by atoms with E-state index in [9.17, 15) is 0 Å². The second-order valence-corrected chi connectivity index (χ2v) is 10.7. The van der Waals surface area contributed by atoms with E-state index in [4.69, 9.17) is 0 Å². The van der Waals surface area contributed by atoms with Crippen LogP contribution >= 0.6 is 0 Å². The van der Waals surface area contributed by atoms with Gasteiger partial charge in [0.15, 0.2) is 0 Å². The molecular formula is C28H44. The molecule has 28 heavy (non-hydrogen) atoms. The average Bonchev–Trinajstić information content (AvgIpc) is 3.02. The molecule has 0 amide bonds. The van der Waals surface area contributed by atoms with Crippen LogP contribution in [0.15, 0.2) is 47.6 Å². The predicted molar refractivity (Wildman–Crippen MR) is 124 cm³/mol. The molecule has 0 spiro atoms. The highest BCUT2D eigenvalue weighted by Crippen LogP contribution is 2.59. The number of hydrogen-bond acceptors (Lipinski definition) is 0. The lowest BCUT2D eigenvalue weighted by Gasteiger charge is -2.44. The van der Waals surface area contributed by atoms with Crippen LogP contribution in [0.5, 0.6) is 0 Å². The normalized spacial score (nSPS) is 36.4. The summed E-state index contributed by atoms with van der Waals surface area (Å²) < 4.78 is 0. The van der Waals surface area contributed by atoms with Crippen LogP contribution in [0.2, 0.25) is 0 Å². The quantitative estimate of drug-likeness (QED) is 0.418. The first-order chi connectivity index (χ1) is 13.3. The lowest BCUT2D eigenvalue weighted by atomic mass is 9.61. The van der Waals surface area contributed by atoms with Gasteiger partial charge in [0.05, 0.1) is 0 Å². The molecule has 0 radical (unpaired) electrons. The van der Waals surface area contributed by atoms with Crippen LogP contribution in [0.3, 0.4) is 0 Å². The molecule has 3 fully saturated rings. The van der Waals surface area contributed by atoms with Crippen LogP contribution in [0.25, 0.3) is 0 Å². The van der Waals surface area contributed by atoms with Crippen molar-refractivity contribution >= 4 is 0 Å². The summed E-state index contributed by atoms with van der Waals surface area (Å²) in [6.45, 7) is 16.4. The Balaban J connectivity index is 1.74. The molecule has 0 aromatic carbocycles. The second kappa shape index (κ2) is 9.19. The van der Waals surface area contributed by atoms with Gasteiger partial charge in [0.25, 0.3) is 0 Å². The minimum atomic E-state index is 0.497. The molecule has 0 nitrogen and oxygen atoms in total. The van der Waals surface area contributed by atoms with Crippen molar-refractivity contribution in [3.63, 3.8) is 0 Å². The summed E-state index contributed by atoms with van der Waals surface area (Å²) in [6.07, 6.45) is 22.0. The third-order valence-corrected chi connectivity index (χ3v) is 8.57. The summed E-state index contributed by atoms with van der Waals surface area (Å²) in [7, 11) is 0. The van der Waals surface area contributed by atoms with Crippen LogP contribution in [-0.2, 0) is 0 Å². The van der Waals surface area contributed by atoms with Crippen molar-refractivity contribution < 1.29 is 0 Å². The summed E-state index contributed by atoms with van der Waals surface area (Å²) >= 11 is 0. The highest BCUT2D eigenvalue weighted by atomic mass is 14.5. The molecule has 0 bridgehead atoms. The van der Waals surface area contributed by atoms with Gasteiger partial charge in [-0.1, -0.05) is 76.6 Å². The lowest BCUT2D eigenvalue weighted by Crippen LogP contribution is -2.35. The van der Waals surface area contributed by atoms with E-state index in [0.717, 1.165) is 17.8 Å². The van der Waals surface area contributed by atoms with E-state index in [2.05, 4.69) is 65.5 Å². The van der Waals surface area contributed by atoms with E-state index in [0.29, 0.717) is 17.3 Å². The Morgan fingerprint density at radius 3 is 2.39 bits per heavy atom. The van der Waals surface area contributed by atoms with Crippen LogP contribution in [-0.4, -0.2) is 0 Å². The van der Waals surface area contributed by atoms with Crippen molar-refractivity contribution in [3.8, 4) is 0 Å². The van der Waals surface area contributed by atoms with Crippen molar-refractivity contribution in [1.29, 1.82) is 0 Å². The van der Waals surface area contributed by atoms with Crippen molar-refractivity contribution in [3.05, 3.63) is 47.6 Å². The molecule has 3 aliphatic rings. The first-order valence-corrected chi connectivity index (χ1v) is 12.1. The molecule has 156 valence electrons. The summed E-state index contributed by atoms with van der Waals surface area (Å²) in [5.41, 5.74) is 5.16. The first kappa shape index (κ1) is 21.7. The molecule has 0 aromatic rings. The van der Waals surface area contributed by atoms with E-state index in [-0.39, 0.29) is 0 Å². The molecular weight excluding hydrogens is 336 g/mol. The van der Waals surface area contributed by atoms with Gasteiger partial charge in [-0.15, -0.1) is 0 Å². The molecule has 3 saturated carbocycles. The van der Waals surface area contributed by atoms with Crippen molar-refractivity contribution in [2.24, 2.45) is 35.0 Å². The fraction of sp³-hybridized carbons (Fsp3) is 0.714. The topological polar surface area (TPSA) is 0 Å². The lowest BCUT2D eigenvalue weighted by molar-refractivity contribution is 0.112. The number of allylic oxidation sites excluding steroid dienone is 7. The molecule has 5 atom stereocenters. The summed E-state index contributed by atoms with van der Waals surface area (Å²) in [5.74, 6) is 3.77. The maximum absolute atomic E-state index is 4.32. The van der Waals surface area contributed by atoms with Gasteiger partial charge in [0.1, 0.15) is 0 Å². The standard InChI is InChI=1S/C28H44/c1-20(2)21(3)13-14-23(5)26-17-18-27-25(12-9-19-28(26,27)6)16-15-24-11-8-7-10-22(24)4/h13-16,20-21,23,26-27H,4,7-12,17-19H2,1-3,5-6H3/b14-13+,24-15+,25-16+/t21-,23+,26+,27?,28+/m0/s1. The van der Waals surface area contributed by atoms with Gasteiger partial charge in [-0.2, -0.15) is 0 Å². The SMILES string of the molecule is C=C1CCCC/C1=C\C=C1/CCC[C@@]2(C)C1CC[C@@H]2[C@H](C)/C=C/[C@H](C)C(C)C. The van der Waals surface area contributed by atoms with Crippen LogP contribution < -0.4 is 0 Å². The van der Waals surface area contributed by atoms with Crippen LogP contribution in [0.4, 0.5) is 0 Å². The Bertz CT molecular complexity index is 643. The van der Waals surface area contributed by atoms with E-state index < -0.39 is 0 Å². The maximum atomic E-state index is 4.32. The maximum Gasteiger partial charge on any atom is -0.0143 e. The Morgan fingerprint density at radius 2 is 1.68 bits per heavy atom. The van der Waals surface area contributed by atoms with Crippen LogP contribution in [0, 0.1) is 35.0 Å². The van der Waals surface area contributed by atoms with Crippen LogP contribution in [0.1, 0.15) is 92.4 Å². The third-order valence-electron chi connectivity index (χ3n) is 8.57. The molecule has 0 aromatic heterocycles. The van der Waals surface area contributed by atoms with Gasteiger partial charge in [0.2, 0.25) is 0 Å². The van der Waals surface area contributed by atoms with Gasteiger partial charge in [0, 0.05) is 0 Å². The highest BCUT2D eigenvalue weighted by molar-refractivity contribution is 5.35. The summed E-state index contributed by atoms with van der Waals surface area (Å²) in [6, 6.07) is 0. The van der Waals surface area contributed by atoms with Gasteiger partial charge in [-0.05, 0) is 98.4 Å². The average molecular weight is 381 g/mol. The fourth-order valence-electron chi connectivity index (χ4n) is 6.25. The van der Waals surface area contributed by atoms with E-state index in [1.807, 2.05) is 0 Å². The minimum absolute atomic E-state index is 0.497. The zero-order chi connectivity index (χ0) is 20.3. The highest BCUT2D eigenvalue weighted by Gasteiger charge is 2.50. The zero-order valence-electron chi connectivity index (χ0n) is 19.3. The van der Waals surface area contributed by atoms with Crippen molar-refractivity contribution in [2.75, 3.05) is 0 Å². The van der Waals surface area contributed by atoms with Gasteiger partial charge >= 0.3 is 0 Å².